The molecule has 1 saturated carbocycles. The Morgan fingerprint density at radius 2 is 1.94 bits per heavy atom. The van der Waals surface area contributed by atoms with Crippen LogP contribution in [-0.4, -0.2) is 33.0 Å². The fourth-order valence-corrected chi connectivity index (χ4v) is 5.14. The third-order valence-electron chi connectivity index (χ3n) is 3.81. The lowest BCUT2D eigenvalue weighted by Crippen LogP contribution is -2.31. The van der Waals surface area contributed by atoms with Crippen LogP contribution in [0.5, 0.6) is 0 Å². The fraction of sp³-hybridized carbons (Fsp3) is 0.500. The molecule has 0 bridgehead atoms. The molecule has 6 heteroatoms. The number of sulfone groups is 1. The summed E-state index contributed by atoms with van der Waals surface area (Å²) < 4.78 is 23.7. The second-order valence-electron chi connectivity index (χ2n) is 4.92. The van der Waals surface area contributed by atoms with Crippen LogP contribution in [0.1, 0.15) is 11.5 Å². The minimum atomic E-state index is -3.17. The van der Waals surface area contributed by atoms with E-state index in [4.69, 9.17) is 23.1 Å². The first-order valence-corrected chi connectivity index (χ1v) is 8.04. The Bertz CT molecular complexity index is 555. The van der Waals surface area contributed by atoms with Gasteiger partial charge in [0.25, 0.3) is 0 Å². The van der Waals surface area contributed by atoms with Gasteiger partial charge in [-0.15, -0.1) is 0 Å². The zero-order chi connectivity index (χ0) is 13.6. The van der Waals surface area contributed by atoms with Crippen molar-refractivity contribution < 1.29 is 8.42 Å². The van der Waals surface area contributed by atoms with E-state index in [2.05, 4.69) is 0 Å². The summed E-state index contributed by atoms with van der Waals surface area (Å²) in [6, 6.07) is 7.24. The maximum absolute atomic E-state index is 11.9. The number of rotatable bonds is 4. The molecule has 1 aromatic carbocycles. The Kier molecular flexibility index (Phi) is 3.44. The third-order valence-corrected chi connectivity index (χ3v) is 5.71. The predicted molar refractivity (Wildman–Crippen MR) is 73.4 cm³/mol. The molecule has 2 atom stereocenters. The average molecular weight is 289 g/mol. The highest BCUT2D eigenvalue weighted by atomic mass is 35.5. The summed E-state index contributed by atoms with van der Waals surface area (Å²) in [6.07, 6.45) is 1.24. The minimum absolute atomic E-state index is 0.152. The monoisotopic (exact) mass is 288 g/mol. The molecule has 1 aliphatic carbocycles. The highest BCUT2D eigenvalue weighted by molar-refractivity contribution is 7.91. The van der Waals surface area contributed by atoms with Crippen LogP contribution >= 0.6 is 11.6 Å². The third kappa shape index (κ3) is 2.05. The van der Waals surface area contributed by atoms with E-state index in [-0.39, 0.29) is 19.0 Å². The summed E-state index contributed by atoms with van der Waals surface area (Å²) in [5.41, 5.74) is 11.9. The van der Waals surface area contributed by atoms with Crippen LogP contribution in [0, 0.1) is 5.41 Å². The van der Waals surface area contributed by atoms with Crippen molar-refractivity contribution in [3.8, 4) is 0 Å². The van der Waals surface area contributed by atoms with E-state index in [0.717, 1.165) is 5.56 Å². The van der Waals surface area contributed by atoms with Gasteiger partial charge in [-0.2, -0.15) is 0 Å². The standard InChI is InChI=1S/C12H17ClN2O2S/c1-18(16,17)11-10(12(11,6-14)7-15)8-3-2-4-9(13)5-8/h2-5,10-11H,6-7,14-15H2,1H3/t10-,11-/m0/s1. The summed E-state index contributed by atoms with van der Waals surface area (Å²) >= 11 is 5.95. The van der Waals surface area contributed by atoms with Gasteiger partial charge < -0.3 is 11.5 Å². The van der Waals surface area contributed by atoms with E-state index in [1.54, 1.807) is 12.1 Å². The van der Waals surface area contributed by atoms with Crippen molar-refractivity contribution in [2.24, 2.45) is 16.9 Å². The maximum Gasteiger partial charge on any atom is 0.151 e. The molecule has 0 aromatic heterocycles. The van der Waals surface area contributed by atoms with Crippen LogP contribution in [0.3, 0.4) is 0 Å². The summed E-state index contributed by atoms with van der Waals surface area (Å²) in [7, 11) is -3.17. The summed E-state index contributed by atoms with van der Waals surface area (Å²) in [5, 5.41) is 0.0908. The van der Waals surface area contributed by atoms with Gasteiger partial charge in [-0.3, -0.25) is 0 Å². The van der Waals surface area contributed by atoms with Gasteiger partial charge in [0.1, 0.15) is 0 Å². The Hall–Kier alpha value is -0.620. The van der Waals surface area contributed by atoms with Crippen molar-refractivity contribution >= 4 is 21.4 Å². The highest BCUT2D eigenvalue weighted by Crippen LogP contribution is 2.61. The molecule has 2 rings (SSSR count). The lowest BCUT2D eigenvalue weighted by molar-refractivity contribution is 0.511. The fourth-order valence-electron chi connectivity index (χ4n) is 2.90. The molecule has 100 valence electrons. The molecule has 0 amide bonds. The normalized spacial score (nSPS) is 26.0. The Balaban J connectivity index is 2.45. The number of hydrogen-bond donors (Lipinski definition) is 2. The minimum Gasteiger partial charge on any atom is -0.330 e. The molecule has 0 spiro atoms. The highest BCUT2D eigenvalue weighted by Gasteiger charge is 2.68. The van der Waals surface area contributed by atoms with Crippen LogP contribution in [0.25, 0.3) is 0 Å². The molecular weight excluding hydrogens is 272 g/mol. The first-order chi connectivity index (χ1) is 8.36. The molecule has 0 radical (unpaired) electrons. The van der Waals surface area contributed by atoms with Crippen LogP contribution in [-0.2, 0) is 9.84 Å². The molecule has 4 nitrogen and oxygen atoms in total. The first-order valence-electron chi connectivity index (χ1n) is 5.71. The van der Waals surface area contributed by atoms with Gasteiger partial charge in [-0.1, -0.05) is 23.7 Å². The van der Waals surface area contributed by atoms with Gasteiger partial charge >= 0.3 is 0 Å². The Morgan fingerprint density at radius 3 is 2.33 bits per heavy atom. The van der Waals surface area contributed by atoms with Crippen LogP contribution in [0.2, 0.25) is 5.02 Å². The van der Waals surface area contributed by atoms with Gasteiger partial charge in [0.15, 0.2) is 9.84 Å². The van der Waals surface area contributed by atoms with Gasteiger partial charge in [-0.05, 0) is 17.7 Å². The number of hydrogen-bond acceptors (Lipinski definition) is 4. The number of nitrogens with two attached hydrogens (primary N) is 2. The quantitative estimate of drug-likeness (QED) is 0.856. The molecule has 1 aliphatic rings. The molecule has 4 N–H and O–H groups in total. The van der Waals surface area contributed by atoms with Crippen LogP contribution in [0.15, 0.2) is 24.3 Å². The number of halogens is 1. The van der Waals surface area contributed by atoms with Gasteiger partial charge in [0.05, 0.1) is 5.25 Å². The SMILES string of the molecule is CS(=O)(=O)[C@H]1[C@H](c2cccc(Cl)c2)C1(CN)CN. The zero-order valence-electron chi connectivity index (χ0n) is 10.1. The number of benzene rings is 1. The molecular formula is C12H17ClN2O2S. The molecule has 1 fully saturated rings. The molecule has 0 heterocycles. The van der Waals surface area contributed by atoms with Crippen LogP contribution in [0.4, 0.5) is 0 Å². The zero-order valence-corrected chi connectivity index (χ0v) is 11.7. The summed E-state index contributed by atoms with van der Waals surface area (Å²) in [5.74, 6) is -0.152. The van der Waals surface area contributed by atoms with E-state index in [1.807, 2.05) is 12.1 Å². The molecule has 0 saturated heterocycles. The molecule has 0 unspecified atom stereocenters. The summed E-state index contributed by atoms with van der Waals surface area (Å²) in [6.45, 7) is 0.525. The lowest BCUT2D eigenvalue weighted by Gasteiger charge is -2.12. The Morgan fingerprint density at radius 1 is 1.33 bits per heavy atom. The van der Waals surface area contributed by atoms with Crippen LogP contribution < -0.4 is 11.5 Å². The average Bonchev–Trinajstić information content (AvgIpc) is 2.98. The Labute approximate surface area is 112 Å². The van der Waals surface area contributed by atoms with Crippen molar-refractivity contribution in [1.29, 1.82) is 0 Å². The second kappa shape index (κ2) is 4.49. The van der Waals surface area contributed by atoms with E-state index in [9.17, 15) is 8.42 Å². The first kappa shape index (κ1) is 13.8. The van der Waals surface area contributed by atoms with Crippen molar-refractivity contribution in [2.45, 2.75) is 11.2 Å². The second-order valence-corrected chi connectivity index (χ2v) is 7.53. The van der Waals surface area contributed by atoms with Crippen molar-refractivity contribution in [3.63, 3.8) is 0 Å². The maximum atomic E-state index is 11.9. The topological polar surface area (TPSA) is 86.2 Å². The van der Waals surface area contributed by atoms with E-state index >= 15 is 0 Å². The predicted octanol–water partition coefficient (Wildman–Crippen LogP) is 0.754. The van der Waals surface area contributed by atoms with E-state index < -0.39 is 20.5 Å². The molecule has 0 aliphatic heterocycles. The van der Waals surface area contributed by atoms with Crippen molar-refractivity contribution in [1.82, 2.24) is 0 Å². The van der Waals surface area contributed by atoms with E-state index in [1.165, 1.54) is 6.26 Å². The largest absolute Gasteiger partial charge is 0.330 e. The molecule has 1 aromatic rings. The summed E-state index contributed by atoms with van der Waals surface area (Å²) in [4.78, 5) is 0. The van der Waals surface area contributed by atoms with Gasteiger partial charge in [-0.25, -0.2) is 8.42 Å². The van der Waals surface area contributed by atoms with Crippen molar-refractivity contribution in [3.05, 3.63) is 34.9 Å². The van der Waals surface area contributed by atoms with E-state index in [0.29, 0.717) is 5.02 Å². The smallest absolute Gasteiger partial charge is 0.151 e. The van der Waals surface area contributed by atoms with Crippen molar-refractivity contribution in [2.75, 3.05) is 19.3 Å². The van der Waals surface area contributed by atoms with Gasteiger partial charge in [0.2, 0.25) is 0 Å². The van der Waals surface area contributed by atoms with Gasteiger partial charge in [0, 0.05) is 35.7 Å². The lowest BCUT2D eigenvalue weighted by atomic mass is 9.99. The molecule has 18 heavy (non-hydrogen) atoms.